The van der Waals surface area contributed by atoms with Crippen LogP contribution in [0.4, 0.5) is 5.69 Å². The van der Waals surface area contributed by atoms with Crippen molar-refractivity contribution in [3.63, 3.8) is 0 Å². The number of nitrogens with zero attached hydrogens (tertiary/aromatic N) is 1. The molecule has 140 valence electrons. The summed E-state index contributed by atoms with van der Waals surface area (Å²) in [6, 6.07) is 5.43. The van der Waals surface area contributed by atoms with Crippen molar-refractivity contribution in [1.29, 1.82) is 0 Å². The molecular formula is C20H26N2O4. The average Bonchev–Trinajstić information content (AvgIpc) is 3.16. The molecule has 1 N–H and O–H groups in total. The van der Waals surface area contributed by atoms with Crippen molar-refractivity contribution < 1.29 is 19.1 Å². The number of likely N-dealkylation sites (tertiary alicyclic amines) is 1. The highest BCUT2D eigenvalue weighted by molar-refractivity contribution is 5.93. The fourth-order valence-electron chi connectivity index (χ4n) is 4.19. The molecule has 0 spiro atoms. The van der Waals surface area contributed by atoms with Crippen LogP contribution in [0.5, 0.6) is 11.5 Å². The van der Waals surface area contributed by atoms with Gasteiger partial charge in [-0.3, -0.25) is 9.59 Å². The van der Waals surface area contributed by atoms with E-state index in [0.717, 1.165) is 31.4 Å². The Morgan fingerprint density at radius 1 is 0.923 bits per heavy atom. The zero-order valence-electron chi connectivity index (χ0n) is 15.0. The summed E-state index contributed by atoms with van der Waals surface area (Å²) in [5.41, 5.74) is 0.722. The molecule has 1 saturated heterocycles. The number of amides is 2. The fraction of sp³-hybridized carbons (Fsp3) is 0.600. The van der Waals surface area contributed by atoms with Crippen LogP contribution in [-0.2, 0) is 9.59 Å². The molecule has 2 aliphatic heterocycles. The predicted molar refractivity (Wildman–Crippen MR) is 97.1 cm³/mol. The molecule has 0 bridgehead atoms. The van der Waals surface area contributed by atoms with Crippen LogP contribution >= 0.6 is 0 Å². The minimum absolute atomic E-state index is 0.0219. The van der Waals surface area contributed by atoms with E-state index in [9.17, 15) is 9.59 Å². The Hall–Kier alpha value is -2.24. The molecule has 1 aliphatic carbocycles. The van der Waals surface area contributed by atoms with Gasteiger partial charge in [0.05, 0.1) is 0 Å². The summed E-state index contributed by atoms with van der Waals surface area (Å²) in [5.74, 6) is 1.86. The van der Waals surface area contributed by atoms with Crippen LogP contribution in [-0.4, -0.2) is 36.6 Å². The first-order valence-electron chi connectivity index (χ1n) is 9.70. The highest BCUT2D eigenvalue weighted by atomic mass is 16.7. The molecule has 4 rings (SSSR count). The molecule has 6 heteroatoms. The van der Waals surface area contributed by atoms with Crippen LogP contribution in [0.1, 0.15) is 44.9 Å². The maximum Gasteiger partial charge on any atom is 0.231 e. The van der Waals surface area contributed by atoms with Gasteiger partial charge in [-0.1, -0.05) is 19.3 Å². The van der Waals surface area contributed by atoms with Crippen molar-refractivity contribution in [2.45, 2.75) is 44.9 Å². The second kappa shape index (κ2) is 7.56. The Morgan fingerprint density at radius 3 is 2.42 bits per heavy atom. The van der Waals surface area contributed by atoms with E-state index < -0.39 is 0 Å². The Labute approximate surface area is 153 Å². The van der Waals surface area contributed by atoms with Crippen molar-refractivity contribution in [3.05, 3.63) is 18.2 Å². The first-order valence-corrected chi connectivity index (χ1v) is 9.70. The number of carbonyl (C=O) groups excluding carboxylic acids is 2. The van der Waals surface area contributed by atoms with Gasteiger partial charge in [-0.2, -0.15) is 0 Å². The number of hydrogen-bond acceptors (Lipinski definition) is 4. The summed E-state index contributed by atoms with van der Waals surface area (Å²) < 4.78 is 10.6. The zero-order chi connectivity index (χ0) is 17.9. The smallest absolute Gasteiger partial charge is 0.231 e. The van der Waals surface area contributed by atoms with Gasteiger partial charge in [-0.05, 0) is 37.8 Å². The topological polar surface area (TPSA) is 67.9 Å². The second-order valence-corrected chi connectivity index (χ2v) is 7.49. The number of hydrogen-bond donors (Lipinski definition) is 1. The number of carbonyl (C=O) groups is 2. The third kappa shape index (κ3) is 3.64. The van der Waals surface area contributed by atoms with E-state index in [0.29, 0.717) is 30.5 Å². The molecule has 3 aliphatic rings. The van der Waals surface area contributed by atoms with Gasteiger partial charge in [0.1, 0.15) is 0 Å². The van der Waals surface area contributed by atoms with Crippen molar-refractivity contribution >= 4 is 17.5 Å². The lowest BCUT2D eigenvalue weighted by atomic mass is 9.87. The second-order valence-electron chi connectivity index (χ2n) is 7.49. The van der Waals surface area contributed by atoms with Crippen LogP contribution in [0, 0.1) is 11.8 Å². The van der Waals surface area contributed by atoms with E-state index in [1.807, 2.05) is 17.0 Å². The van der Waals surface area contributed by atoms with Crippen molar-refractivity contribution in [3.8, 4) is 11.5 Å². The van der Waals surface area contributed by atoms with Crippen LogP contribution in [0.2, 0.25) is 0 Å². The standard InChI is InChI=1S/C20H26N2O4/c23-19(21-16-6-7-17-18(12-16)26-13-25-17)14-8-10-22(11-9-14)20(24)15-4-2-1-3-5-15/h6-7,12,14-15H,1-5,8-11,13H2,(H,21,23). The van der Waals surface area contributed by atoms with Gasteiger partial charge in [-0.15, -0.1) is 0 Å². The normalized spacial score (nSPS) is 20.8. The molecule has 0 atom stereocenters. The van der Waals surface area contributed by atoms with Gasteiger partial charge >= 0.3 is 0 Å². The maximum absolute atomic E-state index is 12.6. The number of piperidine rings is 1. The van der Waals surface area contributed by atoms with Gasteiger partial charge in [0.25, 0.3) is 0 Å². The Balaban J connectivity index is 1.28. The van der Waals surface area contributed by atoms with Crippen LogP contribution < -0.4 is 14.8 Å². The molecule has 2 amide bonds. The quantitative estimate of drug-likeness (QED) is 0.901. The lowest BCUT2D eigenvalue weighted by Crippen LogP contribution is -2.44. The molecule has 6 nitrogen and oxygen atoms in total. The van der Waals surface area contributed by atoms with Crippen LogP contribution in [0.25, 0.3) is 0 Å². The molecular weight excluding hydrogens is 332 g/mol. The van der Waals surface area contributed by atoms with E-state index in [1.165, 1.54) is 19.3 Å². The summed E-state index contributed by atoms with van der Waals surface area (Å²) in [7, 11) is 0. The molecule has 1 aromatic rings. The third-order valence-corrected chi connectivity index (χ3v) is 5.77. The first kappa shape index (κ1) is 17.2. The van der Waals surface area contributed by atoms with Crippen molar-refractivity contribution in [2.75, 3.05) is 25.2 Å². The summed E-state index contributed by atoms with van der Waals surface area (Å²) in [4.78, 5) is 27.2. The predicted octanol–water partition coefficient (Wildman–Crippen LogP) is 3.17. The molecule has 1 aromatic carbocycles. The fourth-order valence-corrected chi connectivity index (χ4v) is 4.19. The van der Waals surface area contributed by atoms with Gasteiger partial charge in [0, 0.05) is 36.7 Å². The summed E-state index contributed by atoms with van der Waals surface area (Å²) in [5, 5.41) is 2.97. The number of nitrogens with one attached hydrogen (secondary N) is 1. The first-order chi connectivity index (χ1) is 12.7. The van der Waals surface area contributed by atoms with Gasteiger partial charge in [0.15, 0.2) is 11.5 Å². The van der Waals surface area contributed by atoms with Gasteiger partial charge in [0.2, 0.25) is 18.6 Å². The zero-order valence-corrected chi connectivity index (χ0v) is 15.0. The molecule has 2 heterocycles. The molecule has 26 heavy (non-hydrogen) atoms. The molecule has 0 radical (unpaired) electrons. The van der Waals surface area contributed by atoms with E-state index in [4.69, 9.17) is 9.47 Å². The van der Waals surface area contributed by atoms with E-state index >= 15 is 0 Å². The minimum atomic E-state index is -0.0455. The SMILES string of the molecule is O=C(Nc1ccc2c(c1)OCO2)C1CCN(C(=O)C2CCCCC2)CC1. The van der Waals surface area contributed by atoms with Crippen molar-refractivity contribution in [1.82, 2.24) is 4.90 Å². The molecule has 2 fully saturated rings. The number of benzene rings is 1. The Morgan fingerprint density at radius 2 is 1.65 bits per heavy atom. The van der Waals surface area contributed by atoms with Crippen LogP contribution in [0.15, 0.2) is 18.2 Å². The maximum atomic E-state index is 12.6. The Kier molecular flexibility index (Phi) is 5.00. The van der Waals surface area contributed by atoms with E-state index in [1.54, 1.807) is 6.07 Å². The third-order valence-electron chi connectivity index (χ3n) is 5.77. The van der Waals surface area contributed by atoms with Gasteiger partial charge in [-0.25, -0.2) is 0 Å². The highest BCUT2D eigenvalue weighted by Crippen LogP contribution is 2.34. The van der Waals surface area contributed by atoms with E-state index in [2.05, 4.69) is 5.32 Å². The van der Waals surface area contributed by atoms with Gasteiger partial charge < -0.3 is 19.7 Å². The molecule has 0 unspecified atom stereocenters. The number of rotatable bonds is 3. The Bertz CT molecular complexity index is 676. The minimum Gasteiger partial charge on any atom is -0.454 e. The lowest BCUT2D eigenvalue weighted by molar-refractivity contribution is -0.139. The number of anilines is 1. The summed E-state index contributed by atoms with van der Waals surface area (Å²) >= 11 is 0. The monoisotopic (exact) mass is 358 g/mol. The molecule has 0 aromatic heterocycles. The van der Waals surface area contributed by atoms with E-state index in [-0.39, 0.29) is 24.5 Å². The summed E-state index contributed by atoms with van der Waals surface area (Å²) in [6.07, 6.45) is 7.12. The number of fused-ring (bicyclic) bond motifs is 1. The van der Waals surface area contributed by atoms with Crippen LogP contribution in [0.3, 0.4) is 0 Å². The lowest BCUT2D eigenvalue weighted by Gasteiger charge is -2.34. The summed E-state index contributed by atoms with van der Waals surface area (Å²) in [6.45, 7) is 1.60. The average molecular weight is 358 g/mol. The largest absolute Gasteiger partial charge is 0.454 e. The highest BCUT2D eigenvalue weighted by Gasteiger charge is 2.31. The van der Waals surface area contributed by atoms with Crippen molar-refractivity contribution in [2.24, 2.45) is 11.8 Å². The molecule has 1 saturated carbocycles. The number of ether oxygens (including phenoxy) is 2.